The van der Waals surface area contributed by atoms with Gasteiger partial charge >= 0.3 is 0 Å². The molecule has 0 saturated heterocycles. The number of amides is 1. The fourth-order valence-electron chi connectivity index (χ4n) is 1.80. The number of thiophene rings is 1. The van der Waals surface area contributed by atoms with Crippen LogP contribution in [0, 0.1) is 5.92 Å². The van der Waals surface area contributed by atoms with E-state index in [0.29, 0.717) is 18.3 Å². The Hall–Kier alpha value is -1.66. The molecule has 20 heavy (non-hydrogen) atoms. The standard InChI is InChI=1S/C13H15ClN4OS/c1-8(5-9-3-2-4-20-9)7-16-13-10(12(15)19)6-11(14)17-18-13/h2-4,6,8H,5,7H2,1H3,(H2,15,19)(H,16,18). The van der Waals surface area contributed by atoms with E-state index in [9.17, 15) is 4.79 Å². The predicted octanol–water partition coefficient (Wildman–Crippen LogP) is 2.58. The molecule has 0 aliphatic heterocycles. The first-order valence-corrected chi connectivity index (χ1v) is 7.41. The minimum atomic E-state index is -0.574. The zero-order chi connectivity index (χ0) is 14.5. The van der Waals surface area contributed by atoms with E-state index in [-0.39, 0.29) is 10.7 Å². The second-order valence-corrected chi connectivity index (χ2v) is 5.98. The van der Waals surface area contributed by atoms with E-state index in [2.05, 4.69) is 33.9 Å². The van der Waals surface area contributed by atoms with Crippen molar-refractivity contribution in [1.82, 2.24) is 10.2 Å². The molecule has 0 aromatic carbocycles. The molecule has 1 amide bonds. The first-order valence-electron chi connectivity index (χ1n) is 6.15. The maximum absolute atomic E-state index is 11.3. The minimum Gasteiger partial charge on any atom is -0.368 e. The van der Waals surface area contributed by atoms with Crippen LogP contribution in [0.3, 0.4) is 0 Å². The zero-order valence-corrected chi connectivity index (χ0v) is 12.5. The summed E-state index contributed by atoms with van der Waals surface area (Å²) in [6.45, 7) is 2.80. The van der Waals surface area contributed by atoms with Gasteiger partial charge in [0.1, 0.15) is 0 Å². The summed E-state index contributed by atoms with van der Waals surface area (Å²) in [6.07, 6.45) is 0.970. The van der Waals surface area contributed by atoms with Crippen LogP contribution >= 0.6 is 22.9 Å². The average molecular weight is 311 g/mol. The lowest BCUT2D eigenvalue weighted by Gasteiger charge is -2.13. The van der Waals surface area contributed by atoms with Crippen molar-refractivity contribution < 1.29 is 4.79 Å². The van der Waals surface area contributed by atoms with Crippen molar-refractivity contribution in [2.45, 2.75) is 13.3 Å². The number of carbonyl (C=O) groups is 1. The summed E-state index contributed by atoms with van der Waals surface area (Å²) < 4.78 is 0. The molecule has 2 aromatic rings. The average Bonchev–Trinajstić information content (AvgIpc) is 2.90. The van der Waals surface area contributed by atoms with Crippen molar-refractivity contribution in [3.05, 3.63) is 39.2 Å². The molecule has 7 heteroatoms. The third kappa shape index (κ3) is 3.91. The normalized spacial score (nSPS) is 12.1. The van der Waals surface area contributed by atoms with Crippen molar-refractivity contribution in [2.24, 2.45) is 11.7 Å². The smallest absolute Gasteiger partial charge is 0.252 e. The molecular weight excluding hydrogens is 296 g/mol. The number of nitrogens with one attached hydrogen (secondary N) is 1. The van der Waals surface area contributed by atoms with Gasteiger partial charge in [-0.1, -0.05) is 24.6 Å². The first-order chi connectivity index (χ1) is 9.56. The highest BCUT2D eigenvalue weighted by Gasteiger charge is 2.13. The van der Waals surface area contributed by atoms with Crippen molar-refractivity contribution in [3.63, 3.8) is 0 Å². The lowest BCUT2D eigenvalue weighted by atomic mass is 10.1. The Morgan fingerprint density at radius 3 is 3.00 bits per heavy atom. The summed E-state index contributed by atoms with van der Waals surface area (Å²) in [4.78, 5) is 12.7. The lowest BCUT2D eigenvalue weighted by Crippen LogP contribution is -2.19. The van der Waals surface area contributed by atoms with Crippen molar-refractivity contribution in [2.75, 3.05) is 11.9 Å². The van der Waals surface area contributed by atoms with Gasteiger partial charge in [0, 0.05) is 11.4 Å². The number of anilines is 1. The molecule has 2 aromatic heterocycles. The van der Waals surface area contributed by atoms with Crippen molar-refractivity contribution >= 4 is 34.7 Å². The van der Waals surface area contributed by atoms with Crippen molar-refractivity contribution in [1.29, 1.82) is 0 Å². The third-order valence-corrected chi connectivity index (χ3v) is 3.86. The van der Waals surface area contributed by atoms with E-state index in [1.807, 2.05) is 6.07 Å². The molecule has 0 spiro atoms. The highest BCUT2D eigenvalue weighted by atomic mass is 35.5. The molecule has 0 radical (unpaired) electrons. The van der Waals surface area contributed by atoms with Gasteiger partial charge in [-0.05, 0) is 29.9 Å². The molecule has 0 bridgehead atoms. The van der Waals surface area contributed by atoms with Crippen LogP contribution in [0.15, 0.2) is 23.6 Å². The fourth-order valence-corrected chi connectivity index (χ4v) is 2.82. The first kappa shape index (κ1) is 14.7. The Morgan fingerprint density at radius 1 is 1.55 bits per heavy atom. The summed E-state index contributed by atoms with van der Waals surface area (Å²) >= 11 is 7.45. The van der Waals surface area contributed by atoms with Crippen LogP contribution in [-0.4, -0.2) is 22.6 Å². The molecule has 5 nitrogen and oxygen atoms in total. The molecule has 1 atom stereocenters. The molecule has 0 aliphatic rings. The van der Waals surface area contributed by atoms with Gasteiger partial charge in [-0.25, -0.2) is 0 Å². The van der Waals surface area contributed by atoms with Gasteiger partial charge in [0.25, 0.3) is 5.91 Å². The Kier molecular flexibility index (Phi) is 4.92. The van der Waals surface area contributed by atoms with Gasteiger partial charge in [0.05, 0.1) is 5.56 Å². The van der Waals surface area contributed by atoms with Crippen LogP contribution < -0.4 is 11.1 Å². The van der Waals surface area contributed by atoms with Crippen LogP contribution in [0.2, 0.25) is 5.15 Å². The number of nitrogens with zero attached hydrogens (tertiary/aromatic N) is 2. The fraction of sp³-hybridized carbons (Fsp3) is 0.308. The Balaban J connectivity index is 1.98. The molecule has 2 heterocycles. The SMILES string of the molecule is CC(CNc1nnc(Cl)cc1C(N)=O)Cc1cccs1. The molecule has 2 rings (SSSR count). The summed E-state index contributed by atoms with van der Waals surface area (Å²) in [5.41, 5.74) is 5.55. The second kappa shape index (κ2) is 6.67. The second-order valence-electron chi connectivity index (χ2n) is 4.56. The summed E-state index contributed by atoms with van der Waals surface area (Å²) in [7, 11) is 0. The number of aromatic nitrogens is 2. The van der Waals surface area contributed by atoms with E-state index >= 15 is 0 Å². The van der Waals surface area contributed by atoms with E-state index in [4.69, 9.17) is 17.3 Å². The highest BCUT2D eigenvalue weighted by Crippen LogP contribution is 2.17. The number of primary amides is 1. The van der Waals surface area contributed by atoms with Crippen LogP contribution in [0.4, 0.5) is 5.82 Å². The largest absolute Gasteiger partial charge is 0.368 e. The van der Waals surface area contributed by atoms with Crippen LogP contribution in [0.1, 0.15) is 22.2 Å². The summed E-state index contributed by atoms with van der Waals surface area (Å²) in [5, 5.41) is 12.9. The number of hydrogen-bond acceptors (Lipinski definition) is 5. The van der Waals surface area contributed by atoms with Gasteiger partial charge in [-0.15, -0.1) is 21.5 Å². The summed E-state index contributed by atoms with van der Waals surface area (Å²) in [5.74, 6) is 0.196. The number of nitrogens with two attached hydrogens (primary N) is 1. The molecule has 0 fully saturated rings. The van der Waals surface area contributed by atoms with Gasteiger partial charge in [0.15, 0.2) is 11.0 Å². The van der Waals surface area contributed by atoms with Gasteiger partial charge in [-0.2, -0.15) is 0 Å². The molecule has 1 unspecified atom stereocenters. The van der Waals surface area contributed by atoms with Gasteiger partial charge in [-0.3, -0.25) is 4.79 Å². The van der Waals surface area contributed by atoms with E-state index in [0.717, 1.165) is 6.42 Å². The molecular formula is C13H15ClN4OS. The van der Waals surface area contributed by atoms with Crippen molar-refractivity contribution in [3.8, 4) is 0 Å². The molecule has 0 saturated carbocycles. The van der Waals surface area contributed by atoms with Gasteiger partial charge < -0.3 is 11.1 Å². The van der Waals surface area contributed by atoms with Crippen LogP contribution in [-0.2, 0) is 6.42 Å². The monoisotopic (exact) mass is 310 g/mol. The molecule has 106 valence electrons. The zero-order valence-electron chi connectivity index (χ0n) is 11.0. The van der Waals surface area contributed by atoms with Crippen LogP contribution in [0.5, 0.6) is 0 Å². The Morgan fingerprint density at radius 2 is 2.35 bits per heavy atom. The van der Waals surface area contributed by atoms with E-state index < -0.39 is 5.91 Å². The Labute approximate surface area is 126 Å². The molecule has 0 aliphatic carbocycles. The van der Waals surface area contributed by atoms with E-state index in [1.165, 1.54) is 10.9 Å². The molecule has 3 N–H and O–H groups in total. The predicted molar refractivity (Wildman–Crippen MR) is 81.2 cm³/mol. The quantitative estimate of drug-likeness (QED) is 0.859. The topological polar surface area (TPSA) is 80.9 Å². The number of hydrogen-bond donors (Lipinski definition) is 2. The maximum Gasteiger partial charge on any atom is 0.252 e. The van der Waals surface area contributed by atoms with Gasteiger partial charge in [0.2, 0.25) is 0 Å². The maximum atomic E-state index is 11.3. The highest BCUT2D eigenvalue weighted by molar-refractivity contribution is 7.09. The lowest BCUT2D eigenvalue weighted by molar-refractivity contribution is 0.100. The summed E-state index contributed by atoms with van der Waals surface area (Å²) in [6, 6.07) is 5.57. The minimum absolute atomic E-state index is 0.149. The third-order valence-electron chi connectivity index (χ3n) is 2.78. The number of rotatable bonds is 6. The number of carbonyl (C=O) groups excluding carboxylic acids is 1. The van der Waals surface area contributed by atoms with E-state index in [1.54, 1.807) is 11.3 Å². The Bertz CT molecular complexity index is 588. The number of halogens is 1. The van der Waals surface area contributed by atoms with Crippen LogP contribution in [0.25, 0.3) is 0 Å².